The summed E-state index contributed by atoms with van der Waals surface area (Å²) >= 11 is 0. The molecule has 100 valence electrons. The molecule has 1 atom stereocenters. The van der Waals surface area contributed by atoms with E-state index in [-0.39, 0.29) is 0 Å². The molecule has 1 fully saturated rings. The topological polar surface area (TPSA) is 64.3 Å². The van der Waals surface area contributed by atoms with E-state index in [1.807, 2.05) is 13.1 Å². The minimum atomic E-state index is 0.359. The summed E-state index contributed by atoms with van der Waals surface area (Å²) in [5.41, 5.74) is 6.82. The zero-order valence-corrected chi connectivity index (χ0v) is 11.2. The van der Waals surface area contributed by atoms with Gasteiger partial charge in [-0.3, -0.25) is 0 Å². The Morgan fingerprint density at radius 2 is 2.33 bits per heavy atom. The van der Waals surface area contributed by atoms with Gasteiger partial charge >= 0.3 is 0 Å². The predicted molar refractivity (Wildman–Crippen MR) is 72.8 cm³/mol. The Morgan fingerprint density at radius 1 is 1.50 bits per heavy atom. The van der Waals surface area contributed by atoms with Crippen molar-refractivity contribution < 1.29 is 4.74 Å². The number of nitrogens with zero attached hydrogens (tertiary/aromatic N) is 3. The Morgan fingerprint density at radius 3 is 3.00 bits per heavy atom. The van der Waals surface area contributed by atoms with Crippen LogP contribution in [0.2, 0.25) is 0 Å². The van der Waals surface area contributed by atoms with Gasteiger partial charge in [-0.15, -0.1) is 0 Å². The molecule has 0 saturated carbocycles. The summed E-state index contributed by atoms with van der Waals surface area (Å²) in [5, 5.41) is 0. The lowest BCUT2D eigenvalue weighted by atomic mass is 10.0. The molecule has 2 N–H and O–H groups in total. The molecule has 5 nitrogen and oxygen atoms in total. The maximum Gasteiger partial charge on any atom is 0.222 e. The van der Waals surface area contributed by atoms with E-state index < -0.39 is 0 Å². The van der Waals surface area contributed by atoms with Crippen LogP contribution < -0.4 is 10.6 Å². The summed E-state index contributed by atoms with van der Waals surface area (Å²) in [4.78, 5) is 10.8. The van der Waals surface area contributed by atoms with E-state index in [0.29, 0.717) is 11.9 Å². The van der Waals surface area contributed by atoms with Crippen LogP contribution in [0.4, 0.5) is 11.8 Å². The van der Waals surface area contributed by atoms with Gasteiger partial charge in [0.1, 0.15) is 5.82 Å². The van der Waals surface area contributed by atoms with E-state index in [2.05, 4.69) is 21.8 Å². The maximum absolute atomic E-state index is 5.80. The van der Waals surface area contributed by atoms with Crippen molar-refractivity contribution in [2.75, 3.05) is 37.4 Å². The number of hydrogen-bond acceptors (Lipinski definition) is 5. The van der Waals surface area contributed by atoms with Gasteiger partial charge in [-0.1, -0.05) is 13.3 Å². The fourth-order valence-corrected chi connectivity index (χ4v) is 2.15. The highest BCUT2D eigenvalue weighted by Gasteiger charge is 2.20. The van der Waals surface area contributed by atoms with Crippen LogP contribution in [0.1, 0.15) is 37.8 Å². The number of hydrogen-bond donors (Lipinski definition) is 1. The number of aromatic nitrogens is 2. The minimum Gasteiger partial charge on any atom is -0.381 e. The molecule has 18 heavy (non-hydrogen) atoms. The van der Waals surface area contributed by atoms with Gasteiger partial charge in [0.05, 0.1) is 12.3 Å². The van der Waals surface area contributed by atoms with Gasteiger partial charge in [-0.05, 0) is 12.8 Å². The first-order valence-corrected chi connectivity index (χ1v) is 6.64. The van der Waals surface area contributed by atoms with Crippen LogP contribution in [0.3, 0.4) is 0 Å². The van der Waals surface area contributed by atoms with Crippen LogP contribution in [0.25, 0.3) is 0 Å². The van der Waals surface area contributed by atoms with E-state index in [0.717, 1.165) is 44.1 Å². The molecule has 0 amide bonds. The first-order valence-electron chi connectivity index (χ1n) is 6.64. The van der Waals surface area contributed by atoms with Crippen LogP contribution >= 0.6 is 0 Å². The lowest BCUT2D eigenvalue weighted by Gasteiger charge is -2.19. The fraction of sp³-hybridized carbons (Fsp3) is 0.692. The molecule has 0 spiro atoms. The van der Waals surface area contributed by atoms with Crippen molar-refractivity contribution >= 4 is 11.8 Å². The first-order chi connectivity index (χ1) is 8.70. The van der Waals surface area contributed by atoms with Crippen molar-refractivity contribution in [2.24, 2.45) is 0 Å². The number of ether oxygens (including phenoxy) is 1. The van der Waals surface area contributed by atoms with Crippen molar-refractivity contribution in [1.29, 1.82) is 0 Å². The van der Waals surface area contributed by atoms with Gasteiger partial charge in [0, 0.05) is 32.2 Å². The summed E-state index contributed by atoms with van der Waals surface area (Å²) < 4.78 is 5.40. The van der Waals surface area contributed by atoms with Gasteiger partial charge in [-0.25, -0.2) is 4.98 Å². The van der Waals surface area contributed by atoms with Crippen LogP contribution in [0.15, 0.2) is 6.07 Å². The summed E-state index contributed by atoms with van der Waals surface area (Å²) in [6.07, 6.45) is 3.35. The second kappa shape index (κ2) is 6.00. The SMILES string of the molecule is CCCCN(C)c1cc(C2CCOC2)nc(N)n1. The molecule has 2 rings (SSSR count). The third kappa shape index (κ3) is 3.10. The Hall–Kier alpha value is -1.36. The Balaban J connectivity index is 2.14. The van der Waals surface area contributed by atoms with Crippen molar-refractivity contribution in [3.63, 3.8) is 0 Å². The van der Waals surface area contributed by atoms with Crippen molar-refractivity contribution in [2.45, 2.75) is 32.1 Å². The van der Waals surface area contributed by atoms with Gasteiger partial charge in [0.2, 0.25) is 5.95 Å². The average Bonchev–Trinajstić information content (AvgIpc) is 2.89. The molecule has 1 aromatic rings. The highest BCUT2D eigenvalue weighted by Crippen LogP contribution is 2.26. The zero-order chi connectivity index (χ0) is 13.0. The monoisotopic (exact) mass is 250 g/mol. The highest BCUT2D eigenvalue weighted by molar-refractivity contribution is 5.43. The van der Waals surface area contributed by atoms with Gasteiger partial charge in [-0.2, -0.15) is 4.98 Å². The molecule has 0 aromatic carbocycles. The van der Waals surface area contributed by atoms with Gasteiger partial charge < -0.3 is 15.4 Å². The molecule has 0 aliphatic carbocycles. The first kappa shape index (κ1) is 13.1. The molecule has 1 aliphatic rings. The van der Waals surface area contributed by atoms with Gasteiger partial charge in [0.25, 0.3) is 0 Å². The molecule has 1 unspecified atom stereocenters. The molecule has 1 aliphatic heterocycles. The Labute approximate surface area is 108 Å². The molecule has 0 bridgehead atoms. The minimum absolute atomic E-state index is 0.359. The normalized spacial score (nSPS) is 19.1. The number of nitrogen functional groups attached to an aromatic ring is 1. The lowest BCUT2D eigenvalue weighted by Crippen LogP contribution is -2.21. The van der Waals surface area contributed by atoms with Crippen LogP contribution in [0.5, 0.6) is 0 Å². The number of anilines is 2. The third-order valence-corrected chi connectivity index (χ3v) is 3.34. The third-order valence-electron chi connectivity index (χ3n) is 3.34. The number of unbranched alkanes of at least 4 members (excludes halogenated alkanes) is 1. The van der Waals surface area contributed by atoms with Gasteiger partial charge in [0.15, 0.2) is 0 Å². The number of nitrogens with two attached hydrogens (primary N) is 1. The van der Waals surface area contributed by atoms with E-state index >= 15 is 0 Å². The average molecular weight is 250 g/mol. The Kier molecular flexibility index (Phi) is 4.36. The quantitative estimate of drug-likeness (QED) is 0.863. The van der Waals surface area contributed by atoms with Crippen LogP contribution in [0, 0.1) is 0 Å². The Bertz CT molecular complexity index is 391. The molecular weight excluding hydrogens is 228 g/mol. The molecule has 0 radical (unpaired) electrons. The molecular formula is C13H22N4O. The maximum atomic E-state index is 5.80. The second-order valence-electron chi connectivity index (χ2n) is 4.84. The van der Waals surface area contributed by atoms with E-state index in [1.54, 1.807) is 0 Å². The fourth-order valence-electron chi connectivity index (χ4n) is 2.15. The summed E-state index contributed by atoms with van der Waals surface area (Å²) in [7, 11) is 2.05. The molecule has 1 aromatic heterocycles. The van der Waals surface area contributed by atoms with Crippen molar-refractivity contribution in [1.82, 2.24) is 9.97 Å². The lowest BCUT2D eigenvalue weighted by molar-refractivity contribution is 0.193. The second-order valence-corrected chi connectivity index (χ2v) is 4.84. The molecule has 5 heteroatoms. The highest BCUT2D eigenvalue weighted by atomic mass is 16.5. The summed E-state index contributed by atoms with van der Waals surface area (Å²) in [6, 6.07) is 2.05. The van der Waals surface area contributed by atoms with E-state index in [1.165, 1.54) is 6.42 Å². The standard InChI is InChI=1S/C13H22N4O/c1-3-4-6-17(2)12-8-11(15-13(14)16-12)10-5-7-18-9-10/h8,10H,3-7,9H2,1-2H3,(H2,14,15,16). The molecule has 1 saturated heterocycles. The largest absolute Gasteiger partial charge is 0.381 e. The summed E-state index contributed by atoms with van der Waals surface area (Å²) in [6.45, 7) is 4.74. The molecule has 2 heterocycles. The number of rotatable bonds is 5. The predicted octanol–water partition coefficient (Wildman–Crippen LogP) is 1.80. The summed E-state index contributed by atoms with van der Waals surface area (Å²) in [5.74, 6) is 1.64. The smallest absolute Gasteiger partial charge is 0.222 e. The van der Waals surface area contributed by atoms with Crippen molar-refractivity contribution in [3.8, 4) is 0 Å². The van der Waals surface area contributed by atoms with Crippen LogP contribution in [-0.4, -0.2) is 36.8 Å². The van der Waals surface area contributed by atoms with E-state index in [4.69, 9.17) is 10.5 Å². The van der Waals surface area contributed by atoms with Crippen LogP contribution in [-0.2, 0) is 4.74 Å². The van der Waals surface area contributed by atoms with E-state index in [9.17, 15) is 0 Å². The van der Waals surface area contributed by atoms with Crippen molar-refractivity contribution in [3.05, 3.63) is 11.8 Å². The zero-order valence-electron chi connectivity index (χ0n) is 11.2.